The highest BCUT2D eigenvalue weighted by Crippen LogP contribution is 2.39. The van der Waals surface area contributed by atoms with Gasteiger partial charge in [-0.15, -0.1) is 0 Å². The number of aromatic nitrogens is 2. The van der Waals surface area contributed by atoms with Crippen LogP contribution in [0.5, 0.6) is 0 Å². The molecule has 2 aromatic rings. The Morgan fingerprint density at radius 2 is 2.12 bits per heavy atom. The first kappa shape index (κ1) is 20.8. The summed E-state index contributed by atoms with van der Waals surface area (Å²) in [5, 5.41) is 14.0. The summed E-state index contributed by atoms with van der Waals surface area (Å²) in [5.41, 5.74) is 2.00. The maximum Gasteiger partial charge on any atom is 0.238 e. The van der Waals surface area contributed by atoms with E-state index in [-0.39, 0.29) is 5.91 Å². The molecule has 1 unspecified atom stereocenters. The molecule has 1 aliphatic carbocycles. The van der Waals surface area contributed by atoms with Gasteiger partial charge in [-0.3, -0.25) is 19.5 Å². The minimum atomic E-state index is -0.0249. The third-order valence-electron chi connectivity index (χ3n) is 5.35. The van der Waals surface area contributed by atoms with E-state index in [4.69, 9.17) is 0 Å². The van der Waals surface area contributed by atoms with E-state index in [1.54, 1.807) is 11.9 Å². The van der Waals surface area contributed by atoms with E-state index in [1.807, 2.05) is 55.7 Å². The third kappa shape index (κ3) is 4.87. The molecule has 1 atom stereocenters. The standard InChI is InChI=1S/C22H26N8OS/c1-28(2)14-22(31)24-16-5-7-17(8-6-16)32-29-12-20-23-9-10-30(20)21(13-29)25-19-11-18(26-27-19)15-3-4-15/h5-11,13,15H,3-4,12,14H2,1-2H3,(H,24,31)(H2,25,26,27)/p+1. The van der Waals surface area contributed by atoms with Gasteiger partial charge in [0.15, 0.2) is 5.82 Å². The monoisotopic (exact) mass is 451 g/mol. The van der Waals surface area contributed by atoms with Gasteiger partial charge in [0.2, 0.25) is 17.6 Å². The molecule has 9 nitrogen and oxygen atoms in total. The Morgan fingerprint density at radius 1 is 1.31 bits per heavy atom. The fraction of sp³-hybridized carbons (Fsp3) is 0.318. The number of hydrogen-bond donors (Lipinski definition) is 4. The number of quaternary nitrogens is 1. The zero-order valence-corrected chi connectivity index (χ0v) is 18.9. The van der Waals surface area contributed by atoms with Gasteiger partial charge in [0.1, 0.15) is 12.7 Å². The highest BCUT2D eigenvalue weighted by Gasteiger charge is 2.32. The van der Waals surface area contributed by atoms with Crippen molar-refractivity contribution in [3.05, 3.63) is 60.4 Å². The maximum atomic E-state index is 11.9. The SMILES string of the molecule is CN(C)CC(=O)Nc1ccc(SN2C=C(Nc3cc(C4CC4)[nH]n3)[NH+]3C=CN=C3C2)cc1. The molecule has 32 heavy (non-hydrogen) atoms. The van der Waals surface area contributed by atoms with Crippen molar-refractivity contribution in [3.8, 4) is 0 Å². The number of H-pyrrole nitrogens is 1. The number of likely N-dealkylation sites (N-methyl/N-ethyl adjacent to an activating group) is 1. The van der Waals surface area contributed by atoms with Crippen molar-refractivity contribution >= 4 is 35.2 Å². The molecule has 0 radical (unpaired) electrons. The van der Waals surface area contributed by atoms with Gasteiger partial charge in [-0.05, 0) is 63.2 Å². The number of benzene rings is 1. The zero-order chi connectivity index (χ0) is 22.1. The lowest BCUT2D eigenvalue weighted by atomic mass is 10.3. The number of nitrogens with one attached hydrogen (secondary N) is 4. The van der Waals surface area contributed by atoms with Crippen LogP contribution in [0.25, 0.3) is 0 Å². The lowest BCUT2D eigenvalue weighted by molar-refractivity contribution is -0.699. The number of rotatable bonds is 8. The van der Waals surface area contributed by atoms with Gasteiger partial charge in [0.05, 0.1) is 18.9 Å². The van der Waals surface area contributed by atoms with Crippen molar-refractivity contribution in [1.82, 2.24) is 19.4 Å². The highest BCUT2D eigenvalue weighted by molar-refractivity contribution is 7.97. The molecule has 0 spiro atoms. The van der Waals surface area contributed by atoms with Crippen molar-refractivity contribution in [2.75, 3.05) is 37.8 Å². The molecule has 1 fully saturated rings. The number of carbonyl (C=O) groups is 1. The first-order valence-corrected chi connectivity index (χ1v) is 11.4. The molecule has 1 aromatic heterocycles. The smallest absolute Gasteiger partial charge is 0.238 e. The van der Waals surface area contributed by atoms with Gasteiger partial charge in [-0.25, -0.2) is 9.89 Å². The quantitative estimate of drug-likeness (QED) is 0.458. The van der Waals surface area contributed by atoms with Crippen LogP contribution in [0, 0.1) is 0 Å². The molecule has 3 aliphatic rings. The van der Waals surface area contributed by atoms with E-state index in [2.05, 4.69) is 42.4 Å². The summed E-state index contributed by atoms with van der Waals surface area (Å²) in [6.45, 7) is 1.07. The Hall–Kier alpha value is -3.08. The molecule has 1 aromatic carbocycles. The predicted molar refractivity (Wildman–Crippen MR) is 126 cm³/mol. The van der Waals surface area contributed by atoms with Crippen molar-refractivity contribution in [3.63, 3.8) is 0 Å². The van der Waals surface area contributed by atoms with Gasteiger partial charge in [0.25, 0.3) is 0 Å². The van der Waals surface area contributed by atoms with E-state index < -0.39 is 0 Å². The van der Waals surface area contributed by atoms with E-state index >= 15 is 0 Å². The molecule has 0 bridgehead atoms. The van der Waals surface area contributed by atoms with Crippen molar-refractivity contribution < 1.29 is 9.69 Å². The molecule has 1 amide bonds. The molecular formula is C22H27N8OS+. The fourth-order valence-corrected chi connectivity index (χ4v) is 4.54. The van der Waals surface area contributed by atoms with Crippen LogP contribution in [0.1, 0.15) is 24.5 Å². The summed E-state index contributed by atoms with van der Waals surface area (Å²) in [4.78, 5) is 20.5. The summed E-state index contributed by atoms with van der Waals surface area (Å²) in [7, 11) is 3.75. The number of anilines is 2. The summed E-state index contributed by atoms with van der Waals surface area (Å²) in [6, 6.07) is 9.99. The number of amidine groups is 1. The summed E-state index contributed by atoms with van der Waals surface area (Å²) in [5.74, 6) is 3.46. The second-order valence-electron chi connectivity index (χ2n) is 8.43. The van der Waals surface area contributed by atoms with Crippen LogP contribution < -0.4 is 15.5 Å². The number of amides is 1. The average Bonchev–Trinajstić information content (AvgIpc) is 3.30. The first-order valence-electron chi connectivity index (χ1n) is 10.7. The molecule has 2 aliphatic heterocycles. The van der Waals surface area contributed by atoms with Crippen LogP contribution in [-0.4, -0.2) is 58.3 Å². The number of aliphatic imine (C=N–C) groups is 1. The second-order valence-corrected chi connectivity index (χ2v) is 9.56. The second kappa shape index (κ2) is 8.81. The third-order valence-corrected chi connectivity index (χ3v) is 6.30. The Morgan fingerprint density at radius 3 is 2.88 bits per heavy atom. The van der Waals surface area contributed by atoms with Gasteiger partial charge in [0, 0.05) is 28.3 Å². The molecular weight excluding hydrogens is 424 g/mol. The van der Waals surface area contributed by atoms with Gasteiger partial charge >= 0.3 is 0 Å². The van der Waals surface area contributed by atoms with Crippen LogP contribution in [0.15, 0.2) is 64.6 Å². The summed E-state index contributed by atoms with van der Waals surface area (Å²) < 4.78 is 2.16. The van der Waals surface area contributed by atoms with Gasteiger partial charge in [-0.2, -0.15) is 5.10 Å². The number of aromatic amines is 1. The fourth-order valence-electron chi connectivity index (χ4n) is 3.67. The van der Waals surface area contributed by atoms with E-state index in [9.17, 15) is 4.79 Å². The van der Waals surface area contributed by atoms with Crippen molar-refractivity contribution in [2.24, 2.45) is 4.99 Å². The summed E-state index contributed by atoms with van der Waals surface area (Å²) >= 11 is 1.63. The maximum absolute atomic E-state index is 11.9. The topological polar surface area (TPSA) is 93.1 Å². The Bertz CT molecular complexity index is 1080. The predicted octanol–water partition coefficient (Wildman–Crippen LogP) is 1.79. The Kier molecular flexibility index (Phi) is 5.73. The average molecular weight is 452 g/mol. The van der Waals surface area contributed by atoms with E-state index in [1.165, 1.54) is 18.5 Å². The molecule has 0 saturated heterocycles. The molecule has 5 rings (SSSR count). The van der Waals surface area contributed by atoms with Crippen LogP contribution in [0.3, 0.4) is 0 Å². The zero-order valence-electron chi connectivity index (χ0n) is 18.1. The highest BCUT2D eigenvalue weighted by atomic mass is 32.2. The normalized spacial score (nSPS) is 19.6. The molecule has 3 heterocycles. The lowest BCUT2D eigenvalue weighted by Gasteiger charge is -2.27. The van der Waals surface area contributed by atoms with E-state index in [0.717, 1.165) is 33.0 Å². The minimum Gasteiger partial charge on any atom is -0.325 e. The first-order chi connectivity index (χ1) is 15.5. The van der Waals surface area contributed by atoms with Gasteiger partial charge in [-0.1, -0.05) is 0 Å². The summed E-state index contributed by atoms with van der Waals surface area (Å²) in [6.07, 6.45) is 8.47. The van der Waals surface area contributed by atoms with Crippen LogP contribution >= 0.6 is 11.9 Å². The minimum absolute atomic E-state index is 0.0249. The molecule has 1 saturated carbocycles. The van der Waals surface area contributed by atoms with Crippen molar-refractivity contribution in [2.45, 2.75) is 23.7 Å². The van der Waals surface area contributed by atoms with Gasteiger partial charge < -0.3 is 10.2 Å². The number of fused-ring (bicyclic) bond motifs is 1. The number of nitrogens with zero attached hydrogens (tertiary/aromatic N) is 4. The van der Waals surface area contributed by atoms with E-state index in [0.29, 0.717) is 19.0 Å². The lowest BCUT2D eigenvalue weighted by Crippen LogP contribution is -3.10. The Labute approximate surface area is 191 Å². The molecule has 4 N–H and O–H groups in total. The van der Waals surface area contributed by atoms with Crippen LogP contribution in [-0.2, 0) is 4.79 Å². The Balaban J connectivity index is 1.26. The van der Waals surface area contributed by atoms with Crippen molar-refractivity contribution in [1.29, 1.82) is 0 Å². The molecule has 166 valence electrons. The number of carbonyl (C=O) groups excluding carboxylic acids is 1. The largest absolute Gasteiger partial charge is 0.325 e. The van der Waals surface area contributed by atoms with Crippen LogP contribution in [0.2, 0.25) is 0 Å². The van der Waals surface area contributed by atoms with Crippen LogP contribution in [0.4, 0.5) is 11.5 Å². The number of hydrogen-bond acceptors (Lipinski definition) is 7. The molecule has 10 heteroatoms.